The highest BCUT2D eigenvalue weighted by atomic mass is 35.5. The predicted molar refractivity (Wildman–Crippen MR) is 82.9 cm³/mol. The molecule has 0 amide bonds. The zero-order valence-corrected chi connectivity index (χ0v) is 12.7. The van der Waals surface area contributed by atoms with Gasteiger partial charge in [0.05, 0.1) is 18.7 Å². The van der Waals surface area contributed by atoms with Gasteiger partial charge in [0.2, 0.25) is 0 Å². The molecule has 5 heteroatoms. The first-order valence-electron chi connectivity index (χ1n) is 6.62. The summed E-state index contributed by atoms with van der Waals surface area (Å²) in [5.41, 5.74) is 1.79. The van der Waals surface area contributed by atoms with Gasteiger partial charge in [0.25, 0.3) is 0 Å². The van der Waals surface area contributed by atoms with Crippen LogP contribution in [0.3, 0.4) is 0 Å². The zero-order valence-electron chi connectivity index (χ0n) is 12.0. The molecule has 0 saturated carbocycles. The first kappa shape index (κ1) is 15.4. The highest BCUT2D eigenvalue weighted by Crippen LogP contribution is 2.28. The Kier molecular flexibility index (Phi) is 5.28. The van der Waals surface area contributed by atoms with Crippen molar-refractivity contribution in [2.24, 2.45) is 0 Å². The minimum atomic E-state index is -0.426. The molecule has 3 nitrogen and oxygen atoms in total. The van der Waals surface area contributed by atoms with E-state index >= 15 is 0 Å². The van der Waals surface area contributed by atoms with Crippen molar-refractivity contribution in [2.75, 3.05) is 19.0 Å². The summed E-state index contributed by atoms with van der Waals surface area (Å²) in [6, 6.07) is 10.3. The molecule has 0 atom stereocenters. The van der Waals surface area contributed by atoms with Crippen LogP contribution < -0.4 is 14.8 Å². The van der Waals surface area contributed by atoms with Gasteiger partial charge in [-0.05, 0) is 42.8 Å². The van der Waals surface area contributed by atoms with Crippen molar-refractivity contribution in [3.63, 3.8) is 0 Å². The van der Waals surface area contributed by atoms with Crippen LogP contribution in [0.15, 0.2) is 36.4 Å². The van der Waals surface area contributed by atoms with Crippen molar-refractivity contribution >= 4 is 17.3 Å². The molecule has 0 fully saturated rings. The molecule has 112 valence electrons. The molecular formula is C16H17ClFNO2. The van der Waals surface area contributed by atoms with Crippen LogP contribution in [0.2, 0.25) is 5.02 Å². The summed E-state index contributed by atoms with van der Waals surface area (Å²) in [5.74, 6) is 0.979. The molecule has 2 aromatic carbocycles. The molecule has 0 aromatic heterocycles. The summed E-state index contributed by atoms with van der Waals surface area (Å²) >= 11 is 5.75. The van der Waals surface area contributed by atoms with E-state index in [4.69, 9.17) is 21.1 Å². The zero-order chi connectivity index (χ0) is 15.2. The number of hydrogen-bond donors (Lipinski definition) is 1. The lowest BCUT2D eigenvalue weighted by molar-refractivity contribution is 0.310. The molecule has 0 heterocycles. The van der Waals surface area contributed by atoms with Crippen LogP contribution in [-0.2, 0) is 6.54 Å². The summed E-state index contributed by atoms with van der Waals surface area (Å²) in [5, 5.41) is 3.29. The smallest absolute Gasteiger partial charge is 0.161 e. The summed E-state index contributed by atoms with van der Waals surface area (Å²) in [7, 11) is 1.61. The van der Waals surface area contributed by atoms with E-state index in [0.29, 0.717) is 24.7 Å². The second kappa shape index (κ2) is 7.18. The van der Waals surface area contributed by atoms with Crippen molar-refractivity contribution in [1.29, 1.82) is 0 Å². The van der Waals surface area contributed by atoms with Crippen molar-refractivity contribution < 1.29 is 13.9 Å². The molecule has 2 rings (SSSR count). The Bertz CT molecular complexity index is 619. The van der Waals surface area contributed by atoms with E-state index in [1.165, 1.54) is 6.07 Å². The minimum Gasteiger partial charge on any atom is -0.493 e. The van der Waals surface area contributed by atoms with E-state index < -0.39 is 5.82 Å². The molecule has 21 heavy (non-hydrogen) atoms. The number of anilines is 1. The normalized spacial score (nSPS) is 10.3. The maximum Gasteiger partial charge on any atom is 0.161 e. The lowest BCUT2D eigenvalue weighted by atomic mass is 10.2. The molecular weight excluding hydrogens is 293 g/mol. The Morgan fingerprint density at radius 1 is 1.14 bits per heavy atom. The monoisotopic (exact) mass is 309 g/mol. The Morgan fingerprint density at radius 2 is 1.95 bits per heavy atom. The highest BCUT2D eigenvalue weighted by Gasteiger charge is 2.06. The minimum absolute atomic E-state index is 0.102. The number of hydrogen-bond acceptors (Lipinski definition) is 3. The topological polar surface area (TPSA) is 30.5 Å². The first-order valence-corrected chi connectivity index (χ1v) is 7.00. The molecule has 0 saturated heterocycles. The molecule has 1 N–H and O–H groups in total. The van der Waals surface area contributed by atoms with Crippen molar-refractivity contribution in [2.45, 2.75) is 13.5 Å². The number of halogens is 2. The number of nitrogens with one attached hydrogen (secondary N) is 1. The van der Waals surface area contributed by atoms with E-state index in [2.05, 4.69) is 5.32 Å². The molecule has 0 aliphatic carbocycles. The Labute approximate surface area is 128 Å². The SMILES string of the molecule is CCOc1cc(CNc2ccc(F)c(Cl)c2)ccc1OC. The van der Waals surface area contributed by atoms with E-state index in [1.807, 2.05) is 25.1 Å². The number of benzene rings is 2. The van der Waals surface area contributed by atoms with Crippen molar-refractivity contribution in [1.82, 2.24) is 0 Å². The number of rotatable bonds is 6. The summed E-state index contributed by atoms with van der Waals surface area (Å²) in [4.78, 5) is 0. The average Bonchev–Trinajstić information content (AvgIpc) is 2.49. The maximum absolute atomic E-state index is 13.1. The van der Waals surface area contributed by atoms with Crippen LogP contribution >= 0.6 is 11.6 Å². The summed E-state index contributed by atoms with van der Waals surface area (Å²) in [6.45, 7) is 3.07. The van der Waals surface area contributed by atoms with Gasteiger partial charge in [-0.1, -0.05) is 17.7 Å². The van der Waals surface area contributed by atoms with Gasteiger partial charge in [0.15, 0.2) is 11.5 Å². The number of ether oxygens (including phenoxy) is 2. The van der Waals surface area contributed by atoms with Gasteiger partial charge in [-0.2, -0.15) is 0 Å². The van der Waals surface area contributed by atoms with Gasteiger partial charge in [-0.3, -0.25) is 0 Å². The fraction of sp³-hybridized carbons (Fsp3) is 0.250. The average molecular weight is 310 g/mol. The molecule has 0 aliphatic rings. The largest absolute Gasteiger partial charge is 0.493 e. The van der Waals surface area contributed by atoms with E-state index in [9.17, 15) is 4.39 Å². The van der Waals surface area contributed by atoms with E-state index in [1.54, 1.807) is 19.2 Å². The Morgan fingerprint density at radius 3 is 2.62 bits per heavy atom. The van der Waals surface area contributed by atoms with Gasteiger partial charge in [-0.25, -0.2) is 4.39 Å². The van der Waals surface area contributed by atoms with Crippen LogP contribution in [0.25, 0.3) is 0 Å². The van der Waals surface area contributed by atoms with E-state index in [0.717, 1.165) is 11.3 Å². The Hall–Kier alpha value is -1.94. The fourth-order valence-corrected chi connectivity index (χ4v) is 2.09. The standard InChI is InChI=1S/C16H17ClFNO2/c1-3-21-16-8-11(4-7-15(16)20-2)10-19-12-5-6-14(18)13(17)9-12/h4-9,19H,3,10H2,1-2H3. The maximum atomic E-state index is 13.1. The number of methoxy groups -OCH3 is 1. The second-order valence-electron chi connectivity index (χ2n) is 4.40. The van der Waals surface area contributed by atoms with Crippen LogP contribution in [0, 0.1) is 5.82 Å². The van der Waals surface area contributed by atoms with Crippen LogP contribution in [0.1, 0.15) is 12.5 Å². The highest BCUT2D eigenvalue weighted by molar-refractivity contribution is 6.31. The molecule has 2 aromatic rings. The van der Waals surface area contributed by atoms with Gasteiger partial charge in [0.1, 0.15) is 5.82 Å². The first-order chi connectivity index (χ1) is 10.1. The fourth-order valence-electron chi connectivity index (χ4n) is 1.91. The van der Waals surface area contributed by atoms with Gasteiger partial charge in [0, 0.05) is 12.2 Å². The molecule has 0 bridgehead atoms. The second-order valence-corrected chi connectivity index (χ2v) is 4.81. The van der Waals surface area contributed by atoms with E-state index in [-0.39, 0.29) is 5.02 Å². The third-order valence-electron chi connectivity index (χ3n) is 2.94. The van der Waals surface area contributed by atoms with Gasteiger partial charge >= 0.3 is 0 Å². The lowest BCUT2D eigenvalue weighted by Crippen LogP contribution is -2.01. The van der Waals surface area contributed by atoms with Gasteiger partial charge in [-0.15, -0.1) is 0 Å². The Balaban J connectivity index is 2.08. The third-order valence-corrected chi connectivity index (χ3v) is 3.23. The third kappa shape index (κ3) is 4.02. The summed E-state index contributed by atoms with van der Waals surface area (Å²) in [6.07, 6.45) is 0. The quantitative estimate of drug-likeness (QED) is 0.852. The van der Waals surface area contributed by atoms with Crippen LogP contribution in [-0.4, -0.2) is 13.7 Å². The molecule has 0 spiro atoms. The molecule has 0 radical (unpaired) electrons. The molecule has 0 aliphatic heterocycles. The van der Waals surface area contributed by atoms with Gasteiger partial charge < -0.3 is 14.8 Å². The summed E-state index contributed by atoms with van der Waals surface area (Å²) < 4.78 is 23.9. The molecule has 0 unspecified atom stereocenters. The lowest BCUT2D eigenvalue weighted by Gasteiger charge is -2.12. The van der Waals surface area contributed by atoms with Crippen LogP contribution in [0.5, 0.6) is 11.5 Å². The predicted octanol–water partition coefficient (Wildman–Crippen LogP) is 4.50. The van der Waals surface area contributed by atoms with Crippen LogP contribution in [0.4, 0.5) is 10.1 Å². The van der Waals surface area contributed by atoms with Crippen molar-refractivity contribution in [3.05, 3.63) is 52.8 Å². The van der Waals surface area contributed by atoms with Crippen molar-refractivity contribution in [3.8, 4) is 11.5 Å².